The van der Waals surface area contributed by atoms with Gasteiger partial charge in [-0.15, -0.1) is 0 Å². The molecule has 3 N–H and O–H groups in total. The first-order chi connectivity index (χ1) is 8.66. The number of anilines is 1. The summed E-state index contributed by atoms with van der Waals surface area (Å²) >= 11 is 4.94. The highest BCUT2D eigenvalue weighted by Crippen LogP contribution is 2.12. The Kier molecular flexibility index (Phi) is 3.78. The summed E-state index contributed by atoms with van der Waals surface area (Å²) < 4.78 is 0. The number of nitrogens with one attached hydrogen (secondary N) is 1. The van der Waals surface area contributed by atoms with E-state index in [1.807, 2.05) is 19.1 Å². The lowest BCUT2D eigenvalue weighted by Crippen LogP contribution is -2.15. The SMILES string of the molecule is Cc1cnc(CNc2cccnc2C(N)=S)cn1. The zero-order valence-electron chi connectivity index (χ0n) is 9.92. The Balaban J connectivity index is 2.10. The zero-order valence-corrected chi connectivity index (χ0v) is 10.7. The van der Waals surface area contributed by atoms with Crippen molar-refractivity contribution in [1.29, 1.82) is 0 Å². The number of hydrogen-bond acceptors (Lipinski definition) is 5. The van der Waals surface area contributed by atoms with Crippen LogP contribution in [0.5, 0.6) is 0 Å². The van der Waals surface area contributed by atoms with E-state index in [1.165, 1.54) is 0 Å². The normalized spacial score (nSPS) is 10.1. The summed E-state index contributed by atoms with van der Waals surface area (Å²) in [5.41, 5.74) is 8.73. The summed E-state index contributed by atoms with van der Waals surface area (Å²) in [6.45, 7) is 2.45. The first kappa shape index (κ1) is 12.4. The number of nitrogens with zero attached hydrogens (tertiary/aromatic N) is 3. The highest BCUT2D eigenvalue weighted by atomic mass is 32.1. The Morgan fingerprint density at radius 3 is 2.83 bits per heavy atom. The molecule has 0 aliphatic rings. The molecule has 0 aromatic carbocycles. The molecule has 2 aromatic rings. The second-order valence-electron chi connectivity index (χ2n) is 3.77. The van der Waals surface area contributed by atoms with Crippen molar-refractivity contribution >= 4 is 22.9 Å². The van der Waals surface area contributed by atoms with Gasteiger partial charge in [-0.2, -0.15) is 0 Å². The smallest absolute Gasteiger partial charge is 0.124 e. The lowest BCUT2D eigenvalue weighted by Gasteiger charge is -2.09. The minimum Gasteiger partial charge on any atom is -0.388 e. The van der Waals surface area contributed by atoms with E-state index in [0.29, 0.717) is 12.2 Å². The van der Waals surface area contributed by atoms with Gasteiger partial charge in [-0.05, 0) is 19.1 Å². The fraction of sp³-hybridized carbons (Fsp3) is 0.167. The van der Waals surface area contributed by atoms with Crippen molar-refractivity contribution in [3.8, 4) is 0 Å². The molecule has 0 amide bonds. The molecule has 5 nitrogen and oxygen atoms in total. The molecule has 0 saturated carbocycles. The molecule has 0 fully saturated rings. The van der Waals surface area contributed by atoms with Crippen LogP contribution in [0.4, 0.5) is 5.69 Å². The quantitative estimate of drug-likeness (QED) is 0.809. The van der Waals surface area contributed by atoms with Crippen LogP contribution in [0.25, 0.3) is 0 Å². The summed E-state index contributed by atoms with van der Waals surface area (Å²) in [6.07, 6.45) is 5.12. The van der Waals surface area contributed by atoms with Crippen molar-refractivity contribution in [1.82, 2.24) is 15.0 Å². The van der Waals surface area contributed by atoms with E-state index < -0.39 is 0 Å². The third-order valence-corrected chi connectivity index (χ3v) is 2.53. The lowest BCUT2D eigenvalue weighted by atomic mass is 10.3. The molecule has 6 heteroatoms. The van der Waals surface area contributed by atoms with Crippen LogP contribution in [-0.4, -0.2) is 19.9 Å². The maximum Gasteiger partial charge on any atom is 0.124 e. The number of rotatable bonds is 4. The van der Waals surface area contributed by atoms with Gasteiger partial charge < -0.3 is 11.1 Å². The minimum absolute atomic E-state index is 0.271. The van der Waals surface area contributed by atoms with Gasteiger partial charge in [-0.3, -0.25) is 15.0 Å². The average Bonchev–Trinajstić information content (AvgIpc) is 2.38. The third kappa shape index (κ3) is 2.98. The summed E-state index contributed by atoms with van der Waals surface area (Å²) in [4.78, 5) is 12.8. The first-order valence-electron chi connectivity index (χ1n) is 5.43. The van der Waals surface area contributed by atoms with Crippen molar-refractivity contribution in [2.75, 3.05) is 5.32 Å². The van der Waals surface area contributed by atoms with Crippen molar-refractivity contribution in [3.05, 3.63) is 47.8 Å². The molecule has 0 saturated heterocycles. The molecule has 92 valence electrons. The maximum absolute atomic E-state index is 5.60. The van der Waals surface area contributed by atoms with Crippen LogP contribution in [0.1, 0.15) is 17.1 Å². The number of hydrogen-bond donors (Lipinski definition) is 2. The van der Waals surface area contributed by atoms with E-state index in [2.05, 4.69) is 20.3 Å². The van der Waals surface area contributed by atoms with Gasteiger partial charge in [-0.25, -0.2) is 0 Å². The van der Waals surface area contributed by atoms with Gasteiger partial charge in [0.2, 0.25) is 0 Å². The van der Waals surface area contributed by atoms with E-state index in [4.69, 9.17) is 18.0 Å². The Hall–Kier alpha value is -2.08. The number of nitrogens with two attached hydrogens (primary N) is 1. The molecular formula is C12H13N5S. The Labute approximate surface area is 110 Å². The molecule has 0 atom stereocenters. The molecule has 0 spiro atoms. The second-order valence-corrected chi connectivity index (χ2v) is 4.21. The van der Waals surface area contributed by atoms with Gasteiger partial charge in [0, 0.05) is 12.4 Å². The summed E-state index contributed by atoms with van der Waals surface area (Å²) in [5.74, 6) is 0. The minimum atomic E-state index is 0.271. The zero-order chi connectivity index (χ0) is 13.0. The van der Waals surface area contributed by atoms with Gasteiger partial charge in [0.15, 0.2) is 0 Å². The number of aromatic nitrogens is 3. The molecule has 0 aliphatic heterocycles. The van der Waals surface area contributed by atoms with Crippen LogP contribution in [0.15, 0.2) is 30.7 Å². The molecule has 0 aliphatic carbocycles. The Morgan fingerprint density at radius 1 is 1.33 bits per heavy atom. The highest BCUT2D eigenvalue weighted by molar-refractivity contribution is 7.80. The Morgan fingerprint density at radius 2 is 2.17 bits per heavy atom. The first-order valence-corrected chi connectivity index (χ1v) is 5.84. The monoisotopic (exact) mass is 259 g/mol. The fourth-order valence-corrected chi connectivity index (χ4v) is 1.60. The van der Waals surface area contributed by atoms with Crippen LogP contribution in [0.2, 0.25) is 0 Å². The van der Waals surface area contributed by atoms with Gasteiger partial charge in [0.1, 0.15) is 10.7 Å². The largest absolute Gasteiger partial charge is 0.388 e. The van der Waals surface area contributed by atoms with Crippen LogP contribution in [0, 0.1) is 6.92 Å². The van der Waals surface area contributed by atoms with Gasteiger partial charge in [0.05, 0.1) is 29.8 Å². The fourth-order valence-electron chi connectivity index (χ4n) is 1.44. The topological polar surface area (TPSA) is 76.7 Å². The molecule has 2 aromatic heterocycles. The van der Waals surface area contributed by atoms with Gasteiger partial charge >= 0.3 is 0 Å². The van der Waals surface area contributed by atoms with Crippen LogP contribution < -0.4 is 11.1 Å². The highest BCUT2D eigenvalue weighted by Gasteiger charge is 2.05. The molecule has 0 bridgehead atoms. The predicted molar refractivity (Wildman–Crippen MR) is 74.2 cm³/mol. The molecule has 0 unspecified atom stereocenters. The summed E-state index contributed by atoms with van der Waals surface area (Å²) in [6, 6.07) is 3.70. The molecular weight excluding hydrogens is 246 g/mol. The van der Waals surface area contributed by atoms with Crippen molar-refractivity contribution in [2.45, 2.75) is 13.5 Å². The van der Waals surface area contributed by atoms with Crippen molar-refractivity contribution < 1.29 is 0 Å². The summed E-state index contributed by atoms with van der Waals surface area (Å²) in [7, 11) is 0. The second kappa shape index (κ2) is 5.50. The lowest BCUT2D eigenvalue weighted by molar-refractivity contribution is 0.982. The average molecular weight is 259 g/mol. The van der Waals surface area contributed by atoms with Gasteiger partial charge in [-0.1, -0.05) is 12.2 Å². The number of thiocarbonyl (C=S) groups is 1. The predicted octanol–water partition coefficient (Wildman–Crippen LogP) is 1.43. The molecule has 0 radical (unpaired) electrons. The molecule has 2 heterocycles. The van der Waals surface area contributed by atoms with Crippen LogP contribution in [0.3, 0.4) is 0 Å². The van der Waals surface area contributed by atoms with Crippen molar-refractivity contribution in [3.63, 3.8) is 0 Å². The molecule has 18 heavy (non-hydrogen) atoms. The van der Waals surface area contributed by atoms with Crippen molar-refractivity contribution in [2.24, 2.45) is 5.73 Å². The van der Waals surface area contributed by atoms with Crippen LogP contribution in [-0.2, 0) is 6.54 Å². The summed E-state index contributed by atoms with van der Waals surface area (Å²) in [5, 5.41) is 3.20. The van der Waals surface area contributed by atoms with Crippen LogP contribution >= 0.6 is 12.2 Å². The number of pyridine rings is 1. The molecule has 2 rings (SSSR count). The third-order valence-electron chi connectivity index (χ3n) is 2.34. The van der Waals surface area contributed by atoms with Gasteiger partial charge in [0.25, 0.3) is 0 Å². The van der Waals surface area contributed by atoms with E-state index in [1.54, 1.807) is 18.6 Å². The van der Waals surface area contributed by atoms with E-state index >= 15 is 0 Å². The maximum atomic E-state index is 5.60. The van der Waals surface area contributed by atoms with E-state index in [0.717, 1.165) is 17.1 Å². The van der Waals surface area contributed by atoms with E-state index in [9.17, 15) is 0 Å². The Bertz CT molecular complexity index is 553. The number of aryl methyl sites for hydroxylation is 1. The van der Waals surface area contributed by atoms with E-state index in [-0.39, 0.29) is 4.99 Å². The standard InChI is InChI=1S/C12H13N5S/c1-8-5-16-9(6-15-8)7-17-10-3-2-4-14-11(10)12(13)18/h2-6,17H,7H2,1H3,(H2,13,18).